The van der Waals surface area contributed by atoms with E-state index >= 15 is 0 Å². The van der Waals surface area contributed by atoms with E-state index in [-0.39, 0.29) is 10.7 Å². The maximum atomic E-state index is 11.2. The number of piperidine rings is 1. The number of rotatable bonds is 4. The quantitative estimate of drug-likeness (QED) is 0.681. The minimum absolute atomic E-state index is 0.0116. The molecule has 0 aromatic heterocycles. The first-order valence-electron chi connectivity index (χ1n) is 6.51. The van der Waals surface area contributed by atoms with Gasteiger partial charge in [0.15, 0.2) is 0 Å². The molecule has 5 nitrogen and oxygen atoms in total. The highest BCUT2D eigenvalue weighted by Crippen LogP contribution is 2.37. The van der Waals surface area contributed by atoms with Gasteiger partial charge in [0.05, 0.1) is 4.92 Å². The molecule has 1 heterocycles. The van der Waals surface area contributed by atoms with Gasteiger partial charge in [0.1, 0.15) is 10.7 Å². The number of nitrogens with two attached hydrogens (primary N) is 1. The van der Waals surface area contributed by atoms with E-state index in [4.69, 9.17) is 17.3 Å². The van der Waals surface area contributed by atoms with Gasteiger partial charge < -0.3 is 10.6 Å². The van der Waals surface area contributed by atoms with Gasteiger partial charge in [-0.05, 0) is 43.9 Å². The number of hydrogen-bond acceptors (Lipinski definition) is 4. The van der Waals surface area contributed by atoms with E-state index < -0.39 is 4.92 Å². The molecular formula is C13H18ClN3O2. The Labute approximate surface area is 117 Å². The number of benzene rings is 1. The molecule has 0 amide bonds. The Morgan fingerprint density at radius 2 is 2.32 bits per heavy atom. The van der Waals surface area contributed by atoms with Gasteiger partial charge >= 0.3 is 5.69 Å². The fraction of sp³-hybridized carbons (Fsp3) is 0.538. The zero-order valence-corrected chi connectivity index (χ0v) is 11.5. The van der Waals surface area contributed by atoms with E-state index in [1.165, 1.54) is 0 Å². The molecule has 1 aromatic carbocycles. The van der Waals surface area contributed by atoms with Crippen molar-refractivity contribution in [1.82, 2.24) is 0 Å². The van der Waals surface area contributed by atoms with Crippen LogP contribution in [-0.4, -0.2) is 24.6 Å². The second kappa shape index (κ2) is 6.21. The van der Waals surface area contributed by atoms with Crippen molar-refractivity contribution >= 4 is 23.0 Å². The summed E-state index contributed by atoms with van der Waals surface area (Å²) in [6.45, 7) is 2.32. The van der Waals surface area contributed by atoms with Gasteiger partial charge in [-0.25, -0.2) is 0 Å². The number of nitro benzene ring substituents is 1. The largest absolute Gasteiger partial charge is 0.366 e. The van der Waals surface area contributed by atoms with E-state index in [0.717, 1.165) is 32.4 Å². The first-order valence-corrected chi connectivity index (χ1v) is 6.89. The summed E-state index contributed by atoms with van der Waals surface area (Å²) in [6, 6.07) is 5.09. The molecule has 6 heteroatoms. The van der Waals surface area contributed by atoms with E-state index in [0.29, 0.717) is 18.2 Å². The maximum Gasteiger partial charge on any atom is 0.310 e. The third kappa shape index (κ3) is 3.16. The molecule has 19 heavy (non-hydrogen) atoms. The van der Waals surface area contributed by atoms with Gasteiger partial charge in [-0.3, -0.25) is 10.1 Å². The zero-order valence-electron chi connectivity index (χ0n) is 10.7. The van der Waals surface area contributed by atoms with Gasteiger partial charge in [-0.15, -0.1) is 0 Å². The lowest BCUT2D eigenvalue weighted by Gasteiger charge is -2.34. The Kier molecular flexibility index (Phi) is 4.61. The summed E-state index contributed by atoms with van der Waals surface area (Å²) in [4.78, 5) is 12.8. The number of nitrogens with zero attached hydrogens (tertiary/aromatic N) is 2. The number of anilines is 1. The molecule has 1 aliphatic heterocycles. The predicted molar refractivity (Wildman–Crippen MR) is 76.7 cm³/mol. The molecule has 0 bridgehead atoms. The summed E-state index contributed by atoms with van der Waals surface area (Å²) in [5.74, 6) is 0.511. The average Bonchev–Trinajstić information content (AvgIpc) is 2.38. The second-order valence-corrected chi connectivity index (χ2v) is 5.30. The molecule has 1 fully saturated rings. The minimum atomic E-state index is -0.399. The summed E-state index contributed by atoms with van der Waals surface area (Å²) in [6.07, 6.45) is 3.14. The summed E-state index contributed by atoms with van der Waals surface area (Å²) in [5, 5.41) is 11.4. The summed E-state index contributed by atoms with van der Waals surface area (Å²) in [5.41, 5.74) is 6.23. The Hall–Kier alpha value is -1.33. The van der Waals surface area contributed by atoms with Crippen LogP contribution in [0.15, 0.2) is 18.2 Å². The first-order chi connectivity index (χ1) is 9.13. The van der Waals surface area contributed by atoms with Crippen LogP contribution in [0, 0.1) is 16.0 Å². The summed E-state index contributed by atoms with van der Waals surface area (Å²) in [7, 11) is 0. The van der Waals surface area contributed by atoms with Crippen molar-refractivity contribution in [3.8, 4) is 0 Å². The maximum absolute atomic E-state index is 11.2. The fourth-order valence-corrected chi connectivity index (χ4v) is 2.93. The van der Waals surface area contributed by atoms with Gasteiger partial charge in [0.25, 0.3) is 0 Å². The Morgan fingerprint density at radius 1 is 1.53 bits per heavy atom. The van der Waals surface area contributed by atoms with Gasteiger partial charge in [-0.1, -0.05) is 17.7 Å². The monoisotopic (exact) mass is 283 g/mol. The Morgan fingerprint density at radius 3 is 3.00 bits per heavy atom. The van der Waals surface area contributed by atoms with Crippen LogP contribution in [-0.2, 0) is 0 Å². The highest BCUT2D eigenvalue weighted by molar-refractivity contribution is 6.33. The molecule has 0 radical (unpaired) electrons. The standard InChI is InChI=1S/C13H18ClN3O2/c14-11-4-1-5-12(13(11)17(18)19)16-8-2-3-10(9-16)6-7-15/h1,4-5,10H,2-3,6-9,15H2. The lowest BCUT2D eigenvalue weighted by atomic mass is 9.94. The average molecular weight is 284 g/mol. The lowest BCUT2D eigenvalue weighted by Crippen LogP contribution is -2.36. The molecule has 1 saturated heterocycles. The van der Waals surface area contributed by atoms with Crippen LogP contribution in [0.4, 0.5) is 11.4 Å². The van der Waals surface area contributed by atoms with Crippen LogP contribution in [0.5, 0.6) is 0 Å². The SMILES string of the molecule is NCCC1CCCN(c2cccc(Cl)c2[N+](=O)[O-])C1. The lowest BCUT2D eigenvalue weighted by molar-refractivity contribution is -0.384. The molecule has 0 saturated carbocycles. The molecule has 1 unspecified atom stereocenters. The molecule has 0 spiro atoms. The van der Waals surface area contributed by atoms with Crippen LogP contribution in [0.25, 0.3) is 0 Å². The van der Waals surface area contributed by atoms with Crippen LogP contribution in [0.3, 0.4) is 0 Å². The predicted octanol–water partition coefficient (Wildman–Crippen LogP) is 2.81. The number of hydrogen-bond donors (Lipinski definition) is 1. The molecule has 0 aliphatic carbocycles. The first kappa shape index (κ1) is 14.1. The van der Waals surface area contributed by atoms with Gasteiger partial charge in [0, 0.05) is 13.1 Å². The van der Waals surface area contributed by atoms with Crippen molar-refractivity contribution in [2.45, 2.75) is 19.3 Å². The Balaban J connectivity index is 2.26. The van der Waals surface area contributed by atoms with Crippen molar-refractivity contribution in [1.29, 1.82) is 0 Å². The molecule has 104 valence electrons. The normalized spacial score (nSPS) is 19.5. The van der Waals surface area contributed by atoms with Crippen LogP contribution < -0.4 is 10.6 Å². The molecule has 1 aliphatic rings. The molecule has 1 atom stereocenters. The minimum Gasteiger partial charge on any atom is -0.366 e. The van der Waals surface area contributed by atoms with Gasteiger partial charge in [-0.2, -0.15) is 0 Å². The highest BCUT2D eigenvalue weighted by atomic mass is 35.5. The molecular weight excluding hydrogens is 266 g/mol. The van der Waals surface area contributed by atoms with E-state index in [1.807, 2.05) is 0 Å². The molecule has 1 aromatic rings. The summed E-state index contributed by atoms with van der Waals surface area (Å²) >= 11 is 5.95. The third-order valence-electron chi connectivity index (χ3n) is 3.58. The highest BCUT2D eigenvalue weighted by Gasteiger charge is 2.26. The topological polar surface area (TPSA) is 72.4 Å². The van der Waals surface area contributed by atoms with E-state index in [9.17, 15) is 10.1 Å². The van der Waals surface area contributed by atoms with Crippen molar-refractivity contribution in [2.24, 2.45) is 11.7 Å². The van der Waals surface area contributed by atoms with Gasteiger partial charge in [0.2, 0.25) is 0 Å². The van der Waals surface area contributed by atoms with E-state index in [1.54, 1.807) is 18.2 Å². The Bertz CT molecular complexity index is 465. The second-order valence-electron chi connectivity index (χ2n) is 4.90. The number of nitro groups is 1. The van der Waals surface area contributed by atoms with Crippen molar-refractivity contribution in [3.63, 3.8) is 0 Å². The number of para-hydroxylation sites is 1. The number of halogens is 1. The van der Waals surface area contributed by atoms with Crippen molar-refractivity contribution < 1.29 is 4.92 Å². The van der Waals surface area contributed by atoms with E-state index in [2.05, 4.69) is 4.90 Å². The zero-order chi connectivity index (χ0) is 13.8. The van der Waals surface area contributed by atoms with Crippen molar-refractivity contribution in [3.05, 3.63) is 33.3 Å². The molecule has 2 N–H and O–H groups in total. The van der Waals surface area contributed by atoms with Crippen molar-refractivity contribution in [2.75, 3.05) is 24.5 Å². The summed E-state index contributed by atoms with van der Waals surface area (Å²) < 4.78 is 0. The molecule has 2 rings (SSSR count). The third-order valence-corrected chi connectivity index (χ3v) is 3.89. The van der Waals surface area contributed by atoms with Crippen LogP contribution >= 0.6 is 11.6 Å². The van der Waals surface area contributed by atoms with Crippen LogP contribution in [0.2, 0.25) is 5.02 Å². The fourth-order valence-electron chi connectivity index (χ4n) is 2.70. The smallest absolute Gasteiger partial charge is 0.310 e. The van der Waals surface area contributed by atoms with Crippen LogP contribution in [0.1, 0.15) is 19.3 Å².